The van der Waals surface area contributed by atoms with Crippen molar-refractivity contribution in [3.63, 3.8) is 0 Å². The third-order valence-electron chi connectivity index (χ3n) is 4.71. The Morgan fingerprint density at radius 2 is 1.52 bits per heavy atom. The molecular weight excluding hydrogens is 437 g/mol. The lowest BCUT2D eigenvalue weighted by Crippen LogP contribution is -2.15. The van der Waals surface area contributed by atoms with E-state index in [1.165, 1.54) is 12.1 Å². The van der Waals surface area contributed by atoms with Crippen LogP contribution in [0.1, 0.15) is 29.7 Å². The van der Waals surface area contributed by atoms with Crippen molar-refractivity contribution < 1.29 is 19.0 Å². The lowest BCUT2D eigenvalue weighted by molar-refractivity contribution is 0.160. The largest absolute Gasteiger partial charge is 0.493 e. The van der Waals surface area contributed by atoms with E-state index in [0.29, 0.717) is 17.9 Å². The Morgan fingerprint density at radius 3 is 2.14 bits per heavy atom. The van der Waals surface area contributed by atoms with Crippen LogP contribution in [0.25, 0.3) is 0 Å². The maximum absolute atomic E-state index is 13.3. The van der Waals surface area contributed by atoms with Crippen molar-refractivity contribution in [3.05, 3.63) is 88.1 Å². The molecule has 0 saturated carbocycles. The Labute approximate surface area is 178 Å². The standard InChI is InChI=1S/C23H23BrFNO3/c1-28-22-12-5-16(13-23(22)29-2)21(27)14-20(15-3-6-17(24)7-4-15)26-19-10-8-18(25)9-11-19/h3-13,20-21,26-27H,14H2,1-2H3. The fraction of sp³-hybridized carbons (Fsp3) is 0.217. The van der Waals surface area contributed by atoms with E-state index < -0.39 is 6.10 Å². The monoisotopic (exact) mass is 459 g/mol. The van der Waals surface area contributed by atoms with Gasteiger partial charge in [-0.25, -0.2) is 4.39 Å². The number of aliphatic hydroxyl groups is 1. The first kappa shape index (κ1) is 21.1. The molecule has 3 rings (SSSR count). The lowest BCUT2D eigenvalue weighted by Gasteiger charge is -2.24. The fourth-order valence-electron chi connectivity index (χ4n) is 3.14. The second-order valence-electron chi connectivity index (χ2n) is 6.62. The third kappa shape index (κ3) is 5.49. The quantitative estimate of drug-likeness (QED) is 0.441. The highest BCUT2D eigenvalue weighted by molar-refractivity contribution is 9.10. The molecule has 152 valence electrons. The van der Waals surface area contributed by atoms with E-state index in [4.69, 9.17) is 9.47 Å². The summed E-state index contributed by atoms with van der Waals surface area (Å²) in [7, 11) is 3.14. The van der Waals surface area contributed by atoms with Gasteiger partial charge in [-0.15, -0.1) is 0 Å². The van der Waals surface area contributed by atoms with Crippen molar-refractivity contribution >= 4 is 21.6 Å². The van der Waals surface area contributed by atoms with Gasteiger partial charge >= 0.3 is 0 Å². The molecule has 3 aromatic carbocycles. The highest BCUT2D eigenvalue weighted by Crippen LogP contribution is 2.34. The number of halogens is 2. The van der Waals surface area contributed by atoms with Crippen molar-refractivity contribution in [2.45, 2.75) is 18.6 Å². The molecule has 4 nitrogen and oxygen atoms in total. The zero-order valence-electron chi connectivity index (χ0n) is 16.2. The molecule has 3 aromatic rings. The SMILES string of the molecule is COc1ccc(C(O)CC(Nc2ccc(F)cc2)c2ccc(Br)cc2)cc1OC. The predicted molar refractivity (Wildman–Crippen MR) is 116 cm³/mol. The summed E-state index contributed by atoms with van der Waals surface area (Å²) in [5, 5.41) is 14.3. The first-order valence-corrected chi connectivity index (χ1v) is 9.97. The van der Waals surface area contributed by atoms with Crippen LogP contribution in [0.15, 0.2) is 71.2 Å². The molecule has 0 radical (unpaired) electrons. The van der Waals surface area contributed by atoms with Crippen LogP contribution in [0.2, 0.25) is 0 Å². The van der Waals surface area contributed by atoms with Crippen LogP contribution in [0.3, 0.4) is 0 Å². The lowest BCUT2D eigenvalue weighted by atomic mass is 9.96. The van der Waals surface area contributed by atoms with Gasteiger partial charge in [0.05, 0.1) is 26.4 Å². The topological polar surface area (TPSA) is 50.7 Å². The number of ether oxygens (including phenoxy) is 2. The van der Waals surface area contributed by atoms with E-state index in [0.717, 1.165) is 21.3 Å². The molecule has 0 aliphatic rings. The number of hydrogen-bond acceptors (Lipinski definition) is 4. The van der Waals surface area contributed by atoms with Crippen LogP contribution in [0.5, 0.6) is 11.5 Å². The Kier molecular flexibility index (Phi) is 7.12. The summed E-state index contributed by atoms with van der Waals surface area (Å²) in [6.45, 7) is 0. The molecule has 0 heterocycles. The summed E-state index contributed by atoms with van der Waals surface area (Å²) in [4.78, 5) is 0. The maximum atomic E-state index is 13.3. The summed E-state index contributed by atoms with van der Waals surface area (Å²) in [5.74, 6) is 0.884. The van der Waals surface area contributed by atoms with Crippen molar-refractivity contribution in [3.8, 4) is 11.5 Å². The Hall–Kier alpha value is -2.57. The molecule has 0 saturated heterocycles. The average molecular weight is 460 g/mol. The molecule has 0 amide bonds. The first-order chi connectivity index (χ1) is 14.0. The van der Waals surface area contributed by atoms with Crippen molar-refractivity contribution in [2.75, 3.05) is 19.5 Å². The molecule has 0 bridgehead atoms. The van der Waals surface area contributed by atoms with Gasteiger partial charge in [-0.1, -0.05) is 34.1 Å². The van der Waals surface area contributed by atoms with E-state index in [1.807, 2.05) is 30.3 Å². The number of nitrogens with one attached hydrogen (secondary N) is 1. The van der Waals surface area contributed by atoms with Gasteiger partial charge in [-0.2, -0.15) is 0 Å². The molecule has 0 fully saturated rings. The van der Waals surface area contributed by atoms with Crippen molar-refractivity contribution in [1.29, 1.82) is 0 Å². The zero-order valence-corrected chi connectivity index (χ0v) is 17.8. The summed E-state index contributed by atoms with van der Waals surface area (Å²) >= 11 is 3.45. The van der Waals surface area contributed by atoms with Gasteiger partial charge in [0.1, 0.15) is 5.82 Å². The minimum atomic E-state index is -0.739. The van der Waals surface area contributed by atoms with Gasteiger partial charge in [0, 0.05) is 16.6 Å². The molecule has 2 unspecified atom stereocenters. The van der Waals surface area contributed by atoms with Crippen molar-refractivity contribution in [2.24, 2.45) is 0 Å². The molecule has 0 aromatic heterocycles. The third-order valence-corrected chi connectivity index (χ3v) is 5.24. The van der Waals surface area contributed by atoms with E-state index >= 15 is 0 Å². The maximum Gasteiger partial charge on any atom is 0.161 e. The normalized spacial score (nSPS) is 12.9. The molecule has 2 N–H and O–H groups in total. The van der Waals surface area contributed by atoms with Crippen molar-refractivity contribution in [1.82, 2.24) is 0 Å². The first-order valence-electron chi connectivity index (χ1n) is 9.17. The molecule has 0 aliphatic carbocycles. The van der Waals surface area contributed by atoms with Gasteiger partial charge in [0.25, 0.3) is 0 Å². The minimum absolute atomic E-state index is 0.184. The van der Waals surface area contributed by atoms with Crippen LogP contribution in [0.4, 0.5) is 10.1 Å². The number of benzene rings is 3. The molecule has 6 heteroatoms. The van der Waals surface area contributed by atoms with Crippen LogP contribution in [-0.2, 0) is 0 Å². The summed E-state index contributed by atoms with van der Waals surface area (Å²) in [6, 6.07) is 19.3. The average Bonchev–Trinajstić information content (AvgIpc) is 2.74. The molecule has 0 aliphatic heterocycles. The summed E-state index contributed by atoms with van der Waals surface area (Å²) < 4.78 is 24.8. The van der Waals surface area contributed by atoms with Gasteiger partial charge in [0.15, 0.2) is 11.5 Å². The number of aliphatic hydroxyl groups excluding tert-OH is 1. The van der Waals surface area contributed by atoms with Crippen LogP contribution in [-0.4, -0.2) is 19.3 Å². The number of hydrogen-bond donors (Lipinski definition) is 2. The van der Waals surface area contributed by atoms with E-state index in [2.05, 4.69) is 21.2 Å². The Morgan fingerprint density at radius 1 is 0.897 bits per heavy atom. The van der Waals surface area contributed by atoms with E-state index in [9.17, 15) is 9.50 Å². The van der Waals surface area contributed by atoms with Crippen LogP contribution < -0.4 is 14.8 Å². The van der Waals surface area contributed by atoms with E-state index in [1.54, 1.807) is 38.5 Å². The second kappa shape index (κ2) is 9.76. The van der Waals surface area contributed by atoms with Crippen LogP contribution >= 0.6 is 15.9 Å². The van der Waals surface area contributed by atoms with Crippen LogP contribution in [0, 0.1) is 5.82 Å². The fourth-order valence-corrected chi connectivity index (χ4v) is 3.40. The van der Waals surface area contributed by atoms with E-state index in [-0.39, 0.29) is 11.9 Å². The predicted octanol–water partition coefficient (Wildman–Crippen LogP) is 5.88. The Bertz CT molecular complexity index is 932. The van der Waals surface area contributed by atoms with Gasteiger partial charge in [-0.3, -0.25) is 0 Å². The molecular formula is C23H23BrFNO3. The molecule has 0 spiro atoms. The number of anilines is 1. The highest BCUT2D eigenvalue weighted by Gasteiger charge is 2.19. The summed E-state index contributed by atoms with van der Waals surface area (Å²) in [5.41, 5.74) is 2.52. The molecule has 2 atom stereocenters. The zero-order chi connectivity index (χ0) is 20.8. The number of methoxy groups -OCH3 is 2. The molecule has 29 heavy (non-hydrogen) atoms. The smallest absolute Gasteiger partial charge is 0.161 e. The van der Waals surface area contributed by atoms with Gasteiger partial charge in [-0.05, 0) is 59.7 Å². The second-order valence-corrected chi connectivity index (χ2v) is 7.54. The summed E-state index contributed by atoms with van der Waals surface area (Å²) in [6.07, 6.45) is -0.328. The van der Waals surface area contributed by atoms with Gasteiger partial charge < -0.3 is 19.9 Å². The number of rotatable bonds is 8. The van der Waals surface area contributed by atoms with Gasteiger partial charge in [0.2, 0.25) is 0 Å². The highest BCUT2D eigenvalue weighted by atomic mass is 79.9. The Balaban J connectivity index is 1.85. The minimum Gasteiger partial charge on any atom is -0.493 e.